The molecule has 0 aromatic heterocycles. The van der Waals surface area contributed by atoms with Crippen molar-refractivity contribution in [1.29, 1.82) is 0 Å². The van der Waals surface area contributed by atoms with Gasteiger partial charge in [-0.1, -0.05) is 12.8 Å². The first kappa shape index (κ1) is 31.1. The summed E-state index contributed by atoms with van der Waals surface area (Å²) in [5.41, 5.74) is 13.9. The van der Waals surface area contributed by atoms with Crippen LogP contribution in [0.2, 0.25) is 12.1 Å². The molecule has 0 spiro atoms. The molecule has 0 bridgehead atoms. The molecule has 13 heteroatoms. The molecule has 0 radical (unpaired) electrons. The predicted molar refractivity (Wildman–Crippen MR) is 102 cm³/mol. The van der Waals surface area contributed by atoms with Gasteiger partial charge in [0.25, 0.3) is 0 Å². The standard InChI is InChI=1S/2C6H16NO3Si.2ClH.Pd/c2*1-8-11(9-2,10-3)6-4-5-7;;;/h2*7H,4-6H2,1-3H3;2*1H;/q2*-1;;;+2/p-2. The van der Waals surface area contributed by atoms with E-state index < -0.39 is 17.6 Å². The molecule has 8 nitrogen and oxygen atoms in total. The molecule has 0 rings (SSSR count). The van der Waals surface area contributed by atoms with E-state index in [1.165, 1.54) is 0 Å². The van der Waals surface area contributed by atoms with Gasteiger partial charge in [-0.25, -0.2) is 0 Å². The second-order valence-corrected chi connectivity index (χ2v) is 12.9. The molecular formula is C12H32Cl2N2O6PdSi2-2. The van der Waals surface area contributed by atoms with E-state index in [1.807, 2.05) is 0 Å². The first-order valence-electron chi connectivity index (χ1n) is 7.33. The Labute approximate surface area is 170 Å². The van der Waals surface area contributed by atoms with Crippen LogP contribution in [0.3, 0.4) is 0 Å². The second-order valence-electron chi connectivity index (χ2n) is 4.34. The van der Waals surface area contributed by atoms with Gasteiger partial charge in [-0.15, -0.1) is 0 Å². The topological polar surface area (TPSA) is 103 Å². The average Bonchev–Trinajstić information content (AvgIpc) is 2.66. The van der Waals surface area contributed by atoms with Crippen LogP contribution in [-0.4, -0.2) is 73.4 Å². The Balaban J connectivity index is -0.000000334. The van der Waals surface area contributed by atoms with E-state index in [4.69, 9.17) is 57.1 Å². The van der Waals surface area contributed by atoms with Gasteiger partial charge in [0.1, 0.15) is 0 Å². The number of rotatable bonds is 12. The SMILES string of the molecule is CO[Si](CCC[NH-])(OC)OC.CO[Si](CCC[NH-])(OC)OC.[Cl][Pd][Cl]. The summed E-state index contributed by atoms with van der Waals surface area (Å²) in [4.78, 5) is 0. The Morgan fingerprint density at radius 3 is 0.960 bits per heavy atom. The van der Waals surface area contributed by atoms with E-state index in [2.05, 4.69) is 0 Å². The fraction of sp³-hybridized carbons (Fsp3) is 1.00. The predicted octanol–water partition coefficient (Wildman–Crippen LogP) is 3.99. The summed E-state index contributed by atoms with van der Waals surface area (Å²) in [5.74, 6) is 0. The summed E-state index contributed by atoms with van der Waals surface area (Å²) >= 11 is -0.106. The normalized spacial score (nSPS) is 11.4. The molecule has 0 amide bonds. The quantitative estimate of drug-likeness (QED) is 0.351. The molecule has 0 aliphatic heterocycles. The summed E-state index contributed by atoms with van der Waals surface area (Å²) < 4.78 is 30.9. The molecule has 2 N–H and O–H groups in total. The van der Waals surface area contributed by atoms with Crippen LogP contribution >= 0.6 is 19.1 Å². The van der Waals surface area contributed by atoms with Crippen molar-refractivity contribution < 1.29 is 42.5 Å². The van der Waals surface area contributed by atoms with E-state index in [9.17, 15) is 0 Å². The second kappa shape index (κ2) is 21.7. The van der Waals surface area contributed by atoms with Crippen LogP contribution in [0.5, 0.6) is 0 Å². The molecule has 0 atom stereocenters. The van der Waals surface area contributed by atoms with Gasteiger partial charge in [0.2, 0.25) is 0 Å². The first-order chi connectivity index (χ1) is 11.9. The van der Waals surface area contributed by atoms with Crippen molar-refractivity contribution in [2.45, 2.75) is 24.9 Å². The minimum atomic E-state index is -2.36. The molecular weight excluding hydrogens is 502 g/mol. The zero-order valence-corrected chi connectivity index (χ0v) is 20.8. The molecule has 0 saturated carbocycles. The zero-order chi connectivity index (χ0) is 20.2. The molecule has 0 aliphatic carbocycles. The molecule has 25 heavy (non-hydrogen) atoms. The Bertz CT molecular complexity index is 231. The van der Waals surface area contributed by atoms with Gasteiger partial charge in [-0.05, 0) is 0 Å². The van der Waals surface area contributed by atoms with Gasteiger partial charge in [-0.2, -0.15) is 13.1 Å². The van der Waals surface area contributed by atoms with Crippen LogP contribution in [0.1, 0.15) is 12.8 Å². The van der Waals surface area contributed by atoms with Crippen molar-refractivity contribution in [1.82, 2.24) is 0 Å². The Hall–Kier alpha value is 1.36. The molecule has 0 unspecified atom stereocenters. The summed E-state index contributed by atoms with van der Waals surface area (Å²) in [6.45, 7) is 0.787. The van der Waals surface area contributed by atoms with Crippen LogP contribution in [0.25, 0.3) is 11.5 Å². The third kappa shape index (κ3) is 16.1. The van der Waals surface area contributed by atoms with E-state index in [1.54, 1.807) is 42.7 Å². The van der Waals surface area contributed by atoms with Crippen LogP contribution in [0.15, 0.2) is 0 Å². The summed E-state index contributed by atoms with van der Waals surface area (Å²) in [5, 5.41) is 0. The average molecular weight is 534 g/mol. The minimum absolute atomic E-state index is 0.106. The van der Waals surface area contributed by atoms with E-state index in [0.717, 1.165) is 24.9 Å². The Morgan fingerprint density at radius 2 is 0.840 bits per heavy atom. The summed E-state index contributed by atoms with van der Waals surface area (Å²) in [6, 6.07) is 1.44. The van der Waals surface area contributed by atoms with E-state index >= 15 is 0 Å². The Kier molecular flexibility index (Phi) is 26.9. The monoisotopic (exact) mass is 532 g/mol. The van der Waals surface area contributed by atoms with Gasteiger partial charge < -0.3 is 38.0 Å². The molecule has 160 valence electrons. The number of nitrogens with one attached hydrogen (secondary N) is 2. The van der Waals surface area contributed by atoms with Gasteiger partial charge in [0.15, 0.2) is 0 Å². The zero-order valence-electron chi connectivity index (χ0n) is 15.8. The molecule has 0 aliphatic rings. The van der Waals surface area contributed by atoms with Gasteiger partial charge in [-0.3, -0.25) is 0 Å². The fourth-order valence-corrected chi connectivity index (χ4v) is 5.17. The van der Waals surface area contributed by atoms with E-state index in [0.29, 0.717) is 13.1 Å². The van der Waals surface area contributed by atoms with Crippen molar-refractivity contribution in [3.63, 3.8) is 0 Å². The van der Waals surface area contributed by atoms with Crippen LogP contribution in [0, 0.1) is 0 Å². The van der Waals surface area contributed by atoms with Crippen LogP contribution < -0.4 is 0 Å². The van der Waals surface area contributed by atoms with Gasteiger partial charge in [0, 0.05) is 54.7 Å². The summed E-state index contributed by atoms with van der Waals surface area (Å²) in [6.07, 6.45) is 1.53. The van der Waals surface area contributed by atoms with Gasteiger partial charge >= 0.3 is 52.6 Å². The number of hydrogen-bond donors (Lipinski definition) is 0. The molecule has 0 saturated heterocycles. The summed E-state index contributed by atoms with van der Waals surface area (Å²) in [7, 11) is 14.4. The first-order valence-corrected chi connectivity index (χ1v) is 15.2. The van der Waals surface area contributed by atoms with Gasteiger partial charge in [0.05, 0.1) is 0 Å². The molecule has 0 aromatic rings. The van der Waals surface area contributed by atoms with Crippen molar-refractivity contribution in [3.05, 3.63) is 11.5 Å². The van der Waals surface area contributed by atoms with Crippen molar-refractivity contribution in [2.24, 2.45) is 0 Å². The third-order valence-corrected chi connectivity index (χ3v) is 8.85. The number of halogens is 2. The molecule has 0 heterocycles. The number of hydrogen-bond acceptors (Lipinski definition) is 6. The molecule has 0 fully saturated rings. The van der Waals surface area contributed by atoms with Crippen molar-refractivity contribution in [2.75, 3.05) is 55.7 Å². The van der Waals surface area contributed by atoms with Crippen molar-refractivity contribution >= 4 is 36.7 Å². The third-order valence-electron chi connectivity index (χ3n) is 3.19. The Morgan fingerprint density at radius 1 is 0.640 bits per heavy atom. The van der Waals surface area contributed by atoms with Crippen LogP contribution in [-0.2, 0) is 42.5 Å². The fourth-order valence-electron chi connectivity index (χ4n) is 1.72. The molecule has 0 aromatic carbocycles. The maximum absolute atomic E-state index is 6.96. The van der Waals surface area contributed by atoms with Crippen molar-refractivity contribution in [3.8, 4) is 0 Å². The van der Waals surface area contributed by atoms with E-state index in [-0.39, 0.29) is 15.9 Å². The van der Waals surface area contributed by atoms with Crippen LogP contribution in [0.4, 0.5) is 0 Å². The maximum atomic E-state index is 6.96.